The molecule has 1 aromatic carbocycles. The molecular weight excluding hydrogens is 176 g/mol. The summed E-state index contributed by atoms with van der Waals surface area (Å²) in [6, 6.07) is 9.19. The Morgan fingerprint density at radius 1 is 1.14 bits per heavy atom. The zero-order valence-electron chi connectivity index (χ0n) is 7.72. The molecule has 1 aliphatic carbocycles. The number of hydrogen-bond acceptors (Lipinski definition) is 2. The normalized spacial score (nSPS) is 25.9. The van der Waals surface area contributed by atoms with Crippen molar-refractivity contribution < 1.29 is 10.2 Å². The number of hydrogen-bond donors (Lipinski definition) is 2. The van der Waals surface area contributed by atoms with Gasteiger partial charge in [0.15, 0.2) is 0 Å². The van der Waals surface area contributed by atoms with Gasteiger partial charge in [0.1, 0.15) is 11.4 Å². The summed E-state index contributed by atoms with van der Waals surface area (Å²) in [7, 11) is 0. The molecule has 1 aliphatic rings. The predicted molar refractivity (Wildman–Crippen MR) is 54.8 cm³/mol. The summed E-state index contributed by atoms with van der Waals surface area (Å²) >= 11 is 0. The van der Waals surface area contributed by atoms with Crippen LogP contribution in [0.5, 0.6) is 0 Å². The highest BCUT2D eigenvalue weighted by atomic mass is 16.3. The first-order valence-corrected chi connectivity index (χ1v) is 4.58. The molecule has 0 spiro atoms. The summed E-state index contributed by atoms with van der Waals surface area (Å²) in [5.41, 5.74) is -0.520. The second-order valence-electron chi connectivity index (χ2n) is 3.41. The van der Waals surface area contributed by atoms with Crippen LogP contribution in [0, 0.1) is 0 Å². The van der Waals surface area contributed by atoms with E-state index in [1.165, 1.54) is 6.08 Å². The molecule has 0 saturated heterocycles. The monoisotopic (exact) mass is 188 g/mol. The van der Waals surface area contributed by atoms with Crippen LogP contribution in [0.2, 0.25) is 0 Å². The van der Waals surface area contributed by atoms with Crippen molar-refractivity contribution in [2.45, 2.75) is 12.0 Å². The van der Waals surface area contributed by atoms with E-state index in [4.69, 9.17) is 0 Å². The first-order valence-electron chi connectivity index (χ1n) is 4.58. The van der Waals surface area contributed by atoms with Gasteiger partial charge in [0, 0.05) is 6.42 Å². The van der Waals surface area contributed by atoms with E-state index in [2.05, 4.69) is 0 Å². The average molecular weight is 188 g/mol. The van der Waals surface area contributed by atoms with Crippen LogP contribution in [0.4, 0.5) is 0 Å². The zero-order chi connectivity index (χ0) is 10.0. The lowest BCUT2D eigenvalue weighted by Crippen LogP contribution is -2.28. The summed E-state index contributed by atoms with van der Waals surface area (Å²) in [6.45, 7) is 0. The minimum Gasteiger partial charge on any atom is -0.509 e. The Balaban J connectivity index is 2.43. The first-order chi connectivity index (χ1) is 6.73. The SMILES string of the molecule is OC1=CC=CCC1(O)c1ccccc1. The molecule has 2 heteroatoms. The summed E-state index contributed by atoms with van der Waals surface area (Å²) in [5.74, 6) is 0.00574. The average Bonchev–Trinajstić information content (AvgIpc) is 2.24. The van der Waals surface area contributed by atoms with Crippen LogP contribution in [-0.4, -0.2) is 10.2 Å². The van der Waals surface area contributed by atoms with Crippen molar-refractivity contribution in [3.05, 3.63) is 59.9 Å². The Bertz CT molecular complexity index is 379. The fraction of sp³-hybridized carbons (Fsp3) is 0.167. The molecule has 0 radical (unpaired) electrons. The van der Waals surface area contributed by atoms with Gasteiger partial charge >= 0.3 is 0 Å². The van der Waals surface area contributed by atoms with Gasteiger partial charge in [0.2, 0.25) is 0 Å². The quantitative estimate of drug-likeness (QED) is 0.709. The number of benzene rings is 1. The molecule has 14 heavy (non-hydrogen) atoms. The second-order valence-corrected chi connectivity index (χ2v) is 3.41. The van der Waals surface area contributed by atoms with Crippen LogP contribution in [0.25, 0.3) is 0 Å². The van der Waals surface area contributed by atoms with Gasteiger partial charge in [-0.25, -0.2) is 0 Å². The third-order valence-electron chi connectivity index (χ3n) is 2.48. The van der Waals surface area contributed by atoms with Gasteiger partial charge in [-0.15, -0.1) is 0 Å². The molecule has 0 saturated carbocycles. The van der Waals surface area contributed by atoms with E-state index in [1.807, 2.05) is 36.4 Å². The molecule has 2 N–H and O–H groups in total. The van der Waals surface area contributed by atoms with Crippen molar-refractivity contribution in [1.82, 2.24) is 0 Å². The fourth-order valence-corrected chi connectivity index (χ4v) is 1.62. The molecule has 0 aromatic heterocycles. The Labute approximate surface area is 82.8 Å². The van der Waals surface area contributed by atoms with E-state index in [0.717, 1.165) is 5.56 Å². The molecule has 1 atom stereocenters. The maximum atomic E-state index is 10.2. The highest BCUT2D eigenvalue weighted by Gasteiger charge is 2.33. The maximum Gasteiger partial charge on any atom is 0.149 e. The van der Waals surface area contributed by atoms with Crippen molar-refractivity contribution in [2.24, 2.45) is 0 Å². The highest BCUT2D eigenvalue weighted by molar-refractivity contribution is 5.34. The third kappa shape index (κ3) is 1.34. The molecule has 2 rings (SSSR count). The molecular formula is C12H12O2. The smallest absolute Gasteiger partial charge is 0.149 e. The first kappa shape index (κ1) is 9.03. The van der Waals surface area contributed by atoms with Gasteiger partial charge in [0.25, 0.3) is 0 Å². The topological polar surface area (TPSA) is 40.5 Å². The van der Waals surface area contributed by atoms with Crippen molar-refractivity contribution in [1.29, 1.82) is 0 Å². The molecule has 0 amide bonds. The Kier molecular flexibility index (Phi) is 2.14. The number of rotatable bonds is 1. The molecule has 72 valence electrons. The van der Waals surface area contributed by atoms with Crippen LogP contribution in [0.15, 0.2) is 54.3 Å². The number of aliphatic hydroxyl groups excluding tert-OH is 1. The van der Waals surface area contributed by atoms with Crippen molar-refractivity contribution >= 4 is 0 Å². The lowest BCUT2D eigenvalue weighted by Gasteiger charge is -2.28. The molecule has 1 unspecified atom stereocenters. The minimum absolute atomic E-state index is 0.00574. The van der Waals surface area contributed by atoms with Crippen molar-refractivity contribution in [2.75, 3.05) is 0 Å². The van der Waals surface area contributed by atoms with E-state index >= 15 is 0 Å². The van der Waals surface area contributed by atoms with Crippen LogP contribution >= 0.6 is 0 Å². The lowest BCUT2D eigenvalue weighted by atomic mass is 9.86. The van der Waals surface area contributed by atoms with Crippen LogP contribution in [0.3, 0.4) is 0 Å². The summed E-state index contributed by atoms with van der Waals surface area (Å²) in [6.07, 6.45) is 5.52. The van der Waals surface area contributed by atoms with E-state index in [0.29, 0.717) is 6.42 Å². The number of allylic oxidation sites excluding steroid dienone is 2. The lowest BCUT2D eigenvalue weighted by molar-refractivity contribution is 0.0330. The second kappa shape index (κ2) is 3.31. The van der Waals surface area contributed by atoms with Crippen LogP contribution < -0.4 is 0 Å². The molecule has 2 nitrogen and oxygen atoms in total. The molecule has 0 heterocycles. The van der Waals surface area contributed by atoms with Gasteiger partial charge in [-0.05, 0) is 11.6 Å². The van der Waals surface area contributed by atoms with E-state index in [-0.39, 0.29) is 5.76 Å². The highest BCUT2D eigenvalue weighted by Crippen LogP contribution is 2.33. The van der Waals surface area contributed by atoms with Gasteiger partial charge in [-0.1, -0.05) is 42.5 Å². The van der Waals surface area contributed by atoms with Crippen LogP contribution in [-0.2, 0) is 5.60 Å². The Morgan fingerprint density at radius 3 is 2.50 bits per heavy atom. The zero-order valence-corrected chi connectivity index (χ0v) is 7.72. The van der Waals surface area contributed by atoms with Crippen molar-refractivity contribution in [3.63, 3.8) is 0 Å². The summed E-state index contributed by atoms with van der Waals surface area (Å²) in [4.78, 5) is 0. The van der Waals surface area contributed by atoms with Gasteiger partial charge in [-0.3, -0.25) is 0 Å². The van der Waals surface area contributed by atoms with E-state index in [9.17, 15) is 10.2 Å². The summed E-state index contributed by atoms with van der Waals surface area (Å²) in [5, 5.41) is 19.9. The van der Waals surface area contributed by atoms with Crippen molar-refractivity contribution in [3.8, 4) is 0 Å². The van der Waals surface area contributed by atoms with E-state index < -0.39 is 5.60 Å². The van der Waals surface area contributed by atoms with Gasteiger partial charge < -0.3 is 10.2 Å². The Morgan fingerprint density at radius 2 is 1.86 bits per heavy atom. The van der Waals surface area contributed by atoms with Gasteiger partial charge in [0.05, 0.1) is 0 Å². The molecule has 1 aromatic rings. The molecule has 0 bridgehead atoms. The number of aliphatic hydroxyl groups is 2. The summed E-state index contributed by atoms with van der Waals surface area (Å²) < 4.78 is 0. The standard InChI is InChI=1S/C12H12O2/c13-11-8-4-5-9-12(11,14)10-6-2-1-3-7-10/h1-8,13-14H,9H2. The predicted octanol–water partition coefficient (Wildman–Crippen LogP) is 2.28. The van der Waals surface area contributed by atoms with Crippen LogP contribution in [0.1, 0.15) is 12.0 Å². The third-order valence-corrected chi connectivity index (χ3v) is 2.48. The minimum atomic E-state index is -1.24. The van der Waals surface area contributed by atoms with Gasteiger partial charge in [-0.2, -0.15) is 0 Å². The molecule has 0 aliphatic heterocycles. The maximum absolute atomic E-state index is 10.2. The Hall–Kier alpha value is -1.54. The fourth-order valence-electron chi connectivity index (χ4n) is 1.62. The largest absolute Gasteiger partial charge is 0.509 e. The molecule has 0 fully saturated rings. The van der Waals surface area contributed by atoms with E-state index in [1.54, 1.807) is 6.08 Å².